The highest BCUT2D eigenvalue weighted by Crippen LogP contribution is 2.40. The number of ether oxygens (including phenoxy) is 2. The molecule has 2 aromatic carbocycles. The molecule has 1 N–H and O–H groups in total. The van der Waals surface area contributed by atoms with Crippen LogP contribution in [-0.2, 0) is 27.4 Å². The molecule has 1 spiro atoms. The molecule has 222 valence electrons. The van der Waals surface area contributed by atoms with Crippen LogP contribution in [0.1, 0.15) is 53.6 Å². The molecule has 3 amide bonds. The van der Waals surface area contributed by atoms with Crippen LogP contribution in [0.4, 0.5) is 5.95 Å². The van der Waals surface area contributed by atoms with E-state index >= 15 is 0 Å². The van der Waals surface area contributed by atoms with E-state index in [0.29, 0.717) is 18.5 Å². The highest BCUT2D eigenvalue weighted by molar-refractivity contribution is 6.05. The van der Waals surface area contributed by atoms with E-state index in [1.165, 1.54) is 5.56 Å². The average molecular weight is 583 g/mol. The Labute approximate surface area is 249 Å². The number of hydrogen-bond donors (Lipinski definition) is 1. The van der Waals surface area contributed by atoms with Gasteiger partial charge in [0.05, 0.1) is 17.7 Å². The minimum Gasteiger partial charge on any atom is -0.489 e. The molecule has 11 nitrogen and oxygen atoms in total. The Morgan fingerprint density at radius 3 is 2.81 bits per heavy atom. The zero-order valence-corrected chi connectivity index (χ0v) is 24.0. The maximum Gasteiger partial charge on any atom is 0.255 e. The number of rotatable bonds is 6. The molecule has 1 unspecified atom stereocenters. The zero-order valence-electron chi connectivity index (χ0n) is 24.0. The Hall–Kier alpha value is -4.09. The molecule has 4 saturated heterocycles. The van der Waals surface area contributed by atoms with Gasteiger partial charge in [-0.1, -0.05) is 6.07 Å². The monoisotopic (exact) mass is 582 g/mol. The van der Waals surface area contributed by atoms with Gasteiger partial charge in [-0.05, 0) is 67.1 Å². The van der Waals surface area contributed by atoms with Crippen molar-refractivity contribution in [1.82, 2.24) is 25.1 Å². The van der Waals surface area contributed by atoms with Gasteiger partial charge in [0.1, 0.15) is 17.9 Å². The van der Waals surface area contributed by atoms with Gasteiger partial charge in [-0.3, -0.25) is 24.6 Å². The highest BCUT2D eigenvalue weighted by atomic mass is 16.5. The molecule has 5 aliphatic heterocycles. The SMILES string of the molecule is O=C1CCC(N2Cc3cc(O[C@H]4CCN(Cc5ccc6nc(N7CC[C@@]78CCOC8)ncc6c5)C4)ccc3C2=O)C(=O)N1. The van der Waals surface area contributed by atoms with Crippen molar-refractivity contribution in [3.05, 3.63) is 59.3 Å². The Bertz CT molecular complexity index is 1640. The summed E-state index contributed by atoms with van der Waals surface area (Å²) < 4.78 is 12.0. The molecule has 1 aromatic heterocycles. The molecular formula is C32H34N6O5. The lowest BCUT2D eigenvalue weighted by atomic mass is 9.84. The normalized spacial score (nSPS) is 27.2. The lowest BCUT2D eigenvalue weighted by molar-refractivity contribution is -0.136. The number of nitrogens with zero attached hydrogens (tertiary/aromatic N) is 5. The van der Waals surface area contributed by atoms with Crippen LogP contribution in [0.25, 0.3) is 10.9 Å². The average Bonchev–Trinajstić information content (AvgIpc) is 3.73. The van der Waals surface area contributed by atoms with Gasteiger partial charge in [0.15, 0.2) is 0 Å². The largest absolute Gasteiger partial charge is 0.489 e. The first-order chi connectivity index (χ1) is 20.9. The van der Waals surface area contributed by atoms with E-state index in [1.807, 2.05) is 18.3 Å². The van der Waals surface area contributed by atoms with Crippen LogP contribution in [0.3, 0.4) is 0 Å². The molecule has 4 fully saturated rings. The number of hydrogen-bond acceptors (Lipinski definition) is 9. The summed E-state index contributed by atoms with van der Waals surface area (Å²) in [6.45, 7) is 5.47. The number of amides is 3. The maximum atomic E-state index is 13.0. The third kappa shape index (κ3) is 4.71. The van der Waals surface area contributed by atoms with Gasteiger partial charge in [0.2, 0.25) is 17.8 Å². The molecule has 0 radical (unpaired) electrons. The summed E-state index contributed by atoms with van der Waals surface area (Å²) in [6, 6.07) is 11.4. The summed E-state index contributed by atoms with van der Waals surface area (Å²) in [6.07, 6.45) is 5.69. The van der Waals surface area contributed by atoms with Gasteiger partial charge in [-0.25, -0.2) is 9.97 Å². The number of aromatic nitrogens is 2. The van der Waals surface area contributed by atoms with Gasteiger partial charge in [0.25, 0.3) is 5.91 Å². The first-order valence-electron chi connectivity index (χ1n) is 15.2. The Balaban J connectivity index is 0.885. The Morgan fingerprint density at radius 2 is 2.00 bits per heavy atom. The predicted octanol–water partition coefficient (Wildman–Crippen LogP) is 2.41. The molecule has 6 heterocycles. The number of anilines is 1. The molecule has 43 heavy (non-hydrogen) atoms. The third-order valence-corrected chi connectivity index (χ3v) is 9.76. The minimum absolute atomic E-state index is 0.0520. The smallest absolute Gasteiger partial charge is 0.255 e. The van der Waals surface area contributed by atoms with E-state index < -0.39 is 11.9 Å². The molecule has 11 heteroatoms. The summed E-state index contributed by atoms with van der Waals surface area (Å²) in [5.74, 6) is 0.674. The number of benzene rings is 2. The highest BCUT2D eigenvalue weighted by Gasteiger charge is 2.49. The fourth-order valence-corrected chi connectivity index (χ4v) is 7.27. The molecule has 5 aliphatic rings. The van der Waals surface area contributed by atoms with Crippen molar-refractivity contribution in [2.75, 3.05) is 37.7 Å². The standard InChI is InChI=1S/C32H34N6O5/c39-28-6-5-27(29(40)35-28)37-17-22-14-23(2-3-25(22)30(37)41)43-24-7-10-36(18-24)16-20-1-4-26-21(13-20)15-33-31(34-26)38-11-8-32(38)9-12-42-19-32/h1-4,13-15,24,27H,5-12,16-19H2,(H,35,39,40)/t24-,27?,32-/m0/s1. The topological polar surface area (TPSA) is 117 Å². The molecule has 0 bridgehead atoms. The zero-order chi connectivity index (χ0) is 29.1. The van der Waals surface area contributed by atoms with E-state index in [2.05, 4.69) is 33.3 Å². The quantitative estimate of drug-likeness (QED) is 0.438. The van der Waals surface area contributed by atoms with Crippen molar-refractivity contribution in [1.29, 1.82) is 0 Å². The number of imide groups is 1. The predicted molar refractivity (Wildman–Crippen MR) is 156 cm³/mol. The number of fused-ring (bicyclic) bond motifs is 2. The maximum absolute atomic E-state index is 13.0. The molecule has 0 saturated carbocycles. The number of carbonyl (C=O) groups is 3. The minimum atomic E-state index is -0.617. The second-order valence-corrected chi connectivity index (χ2v) is 12.5. The second kappa shape index (κ2) is 10.3. The number of nitrogens with one attached hydrogen (secondary N) is 1. The summed E-state index contributed by atoms with van der Waals surface area (Å²) in [7, 11) is 0. The van der Waals surface area contributed by atoms with Crippen molar-refractivity contribution in [3.8, 4) is 5.75 Å². The van der Waals surface area contributed by atoms with E-state index in [-0.39, 0.29) is 29.9 Å². The van der Waals surface area contributed by atoms with Crippen molar-refractivity contribution in [3.63, 3.8) is 0 Å². The van der Waals surface area contributed by atoms with Crippen LogP contribution < -0.4 is 15.0 Å². The van der Waals surface area contributed by atoms with Crippen molar-refractivity contribution in [2.45, 2.75) is 62.9 Å². The van der Waals surface area contributed by atoms with Gasteiger partial charge >= 0.3 is 0 Å². The third-order valence-electron chi connectivity index (χ3n) is 9.76. The molecular weight excluding hydrogens is 548 g/mol. The number of likely N-dealkylation sites (tertiary alicyclic amines) is 1. The van der Waals surface area contributed by atoms with Crippen LogP contribution in [0, 0.1) is 0 Å². The molecule has 3 aromatic rings. The summed E-state index contributed by atoms with van der Waals surface area (Å²) in [5.41, 5.74) is 3.72. The van der Waals surface area contributed by atoms with Crippen molar-refractivity contribution >= 4 is 34.6 Å². The van der Waals surface area contributed by atoms with Crippen LogP contribution in [0.15, 0.2) is 42.6 Å². The number of piperidine rings is 1. The van der Waals surface area contributed by atoms with Gasteiger partial charge in [-0.15, -0.1) is 0 Å². The van der Waals surface area contributed by atoms with Crippen LogP contribution >= 0.6 is 0 Å². The van der Waals surface area contributed by atoms with Crippen LogP contribution in [0.5, 0.6) is 5.75 Å². The van der Waals surface area contributed by atoms with Gasteiger partial charge < -0.3 is 19.3 Å². The fraction of sp³-hybridized carbons (Fsp3) is 0.469. The van der Waals surface area contributed by atoms with E-state index in [0.717, 1.165) is 86.8 Å². The first-order valence-corrected chi connectivity index (χ1v) is 15.2. The van der Waals surface area contributed by atoms with Gasteiger partial charge in [-0.2, -0.15) is 0 Å². The fourth-order valence-electron chi connectivity index (χ4n) is 7.27. The van der Waals surface area contributed by atoms with Gasteiger partial charge in [0, 0.05) is 62.9 Å². The Morgan fingerprint density at radius 1 is 1.07 bits per heavy atom. The first kappa shape index (κ1) is 26.5. The van der Waals surface area contributed by atoms with E-state index in [4.69, 9.17) is 19.4 Å². The van der Waals surface area contributed by atoms with E-state index in [9.17, 15) is 14.4 Å². The summed E-state index contributed by atoms with van der Waals surface area (Å²) in [5, 5.41) is 3.40. The molecule has 8 rings (SSSR count). The summed E-state index contributed by atoms with van der Waals surface area (Å²) in [4.78, 5) is 52.7. The van der Waals surface area contributed by atoms with Crippen molar-refractivity contribution < 1.29 is 23.9 Å². The lowest BCUT2D eigenvalue weighted by Crippen LogP contribution is -2.61. The molecule has 3 atom stereocenters. The van der Waals surface area contributed by atoms with E-state index in [1.54, 1.807) is 11.0 Å². The van der Waals surface area contributed by atoms with Crippen LogP contribution in [0.2, 0.25) is 0 Å². The van der Waals surface area contributed by atoms with Crippen molar-refractivity contribution in [2.24, 2.45) is 0 Å². The molecule has 0 aliphatic carbocycles. The number of carbonyl (C=O) groups excluding carboxylic acids is 3. The second-order valence-electron chi connectivity index (χ2n) is 12.5. The Kier molecular flexibility index (Phi) is 6.34. The lowest BCUT2D eigenvalue weighted by Gasteiger charge is -2.49. The summed E-state index contributed by atoms with van der Waals surface area (Å²) >= 11 is 0. The van der Waals surface area contributed by atoms with Crippen LogP contribution in [-0.4, -0.2) is 88.0 Å².